The van der Waals surface area contributed by atoms with Crippen LogP contribution in [-0.4, -0.2) is 40.1 Å². The molecule has 0 radical (unpaired) electrons. The molecule has 0 aliphatic rings. The van der Waals surface area contributed by atoms with Gasteiger partial charge in [0, 0.05) is 11.4 Å². The van der Waals surface area contributed by atoms with Gasteiger partial charge in [0.25, 0.3) is 5.91 Å². The van der Waals surface area contributed by atoms with Gasteiger partial charge in [-0.15, -0.1) is 18.3 Å². The Morgan fingerprint density at radius 3 is 2.88 bits per heavy atom. The highest BCUT2D eigenvalue weighted by atomic mass is 32.2. The molecule has 2 aromatic rings. The maximum Gasteiger partial charge on any atom is 0.279 e. The summed E-state index contributed by atoms with van der Waals surface area (Å²) in [6.07, 6.45) is 3.79. The first-order valence-corrected chi connectivity index (χ1v) is 9.59. The molecule has 1 aromatic carbocycles. The second kappa shape index (κ2) is 8.98. The molecule has 0 aliphatic heterocycles. The smallest absolute Gasteiger partial charge is 0.279 e. The van der Waals surface area contributed by atoms with Gasteiger partial charge in [0.1, 0.15) is 5.82 Å². The number of quaternary nitrogens is 1. The van der Waals surface area contributed by atoms with Crippen LogP contribution < -0.4 is 10.2 Å². The lowest BCUT2D eigenvalue weighted by Crippen LogP contribution is -3.09. The first-order valence-electron chi connectivity index (χ1n) is 7.95. The van der Waals surface area contributed by atoms with Gasteiger partial charge in [0.05, 0.1) is 12.7 Å². The number of carbonyl (C=O) groups is 1. The molecule has 2 rings (SSSR count). The number of nitrogens with one attached hydrogen (secondary N) is 2. The van der Waals surface area contributed by atoms with E-state index < -0.39 is 0 Å². The number of thioether (sulfide) groups is 1. The molecule has 0 saturated carbocycles. The molecule has 134 valence electrons. The summed E-state index contributed by atoms with van der Waals surface area (Å²) in [5, 5.41) is 7.43. The van der Waals surface area contributed by atoms with Gasteiger partial charge in [0.15, 0.2) is 13.2 Å². The van der Waals surface area contributed by atoms with Gasteiger partial charge in [-0.1, -0.05) is 18.2 Å². The Morgan fingerprint density at radius 2 is 2.20 bits per heavy atom. The van der Waals surface area contributed by atoms with Crippen molar-refractivity contribution < 1.29 is 9.69 Å². The molecule has 25 heavy (non-hydrogen) atoms. The van der Waals surface area contributed by atoms with Crippen LogP contribution in [0.5, 0.6) is 0 Å². The highest BCUT2D eigenvalue weighted by Gasteiger charge is 2.14. The van der Waals surface area contributed by atoms with E-state index in [4.69, 9.17) is 12.2 Å². The third-order valence-corrected chi connectivity index (χ3v) is 4.91. The number of allylic oxidation sites excluding steroid dienone is 1. The number of amides is 1. The number of aromatic nitrogens is 3. The summed E-state index contributed by atoms with van der Waals surface area (Å²) in [6, 6.07) is 7.78. The number of hydrogen-bond acceptors (Lipinski definition) is 4. The van der Waals surface area contributed by atoms with Crippen LogP contribution >= 0.6 is 24.0 Å². The van der Waals surface area contributed by atoms with Crippen LogP contribution in [0.1, 0.15) is 5.82 Å². The van der Waals surface area contributed by atoms with Crippen molar-refractivity contribution in [2.75, 3.05) is 25.2 Å². The SMILES string of the molecule is C=CCn1c(C)nn(C[NH+](C)CC(=O)Nc2ccccc2SC)c1=S. The van der Waals surface area contributed by atoms with Gasteiger partial charge in [-0.3, -0.25) is 4.79 Å². The molecule has 1 amide bonds. The fourth-order valence-electron chi connectivity index (χ4n) is 2.52. The third-order valence-electron chi connectivity index (χ3n) is 3.68. The van der Waals surface area contributed by atoms with Crippen molar-refractivity contribution in [3.8, 4) is 0 Å². The number of aryl methyl sites for hydroxylation is 1. The monoisotopic (exact) mass is 378 g/mol. The number of rotatable bonds is 8. The van der Waals surface area contributed by atoms with E-state index in [9.17, 15) is 4.79 Å². The van der Waals surface area contributed by atoms with Crippen molar-refractivity contribution in [1.82, 2.24) is 14.3 Å². The maximum absolute atomic E-state index is 12.3. The van der Waals surface area contributed by atoms with E-state index in [-0.39, 0.29) is 5.91 Å². The van der Waals surface area contributed by atoms with Crippen LogP contribution in [0.15, 0.2) is 41.8 Å². The Hall–Kier alpha value is -1.90. The predicted octanol–water partition coefficient (Wildman–Crippen LogP) is 1.74. The Labute approximate surface area is 157 Å². The van der Waals surface area contributed by atoms with Gasteiger partial charge in [-0.05, 0) is 37.5 Å². The van der Waals surface area contributed by atoms with Gasteiger partial charge >= 0.3 is 0 Å². The molecule has 6 nitrogen and oxygen atoms in total. The number of para-hydroxylation sites is 1. The molecule has 1 aromatic heterocycles. The molecule has 0 fully saturated rings. The maximum atomic E-state index is 12.3. The van der Waals surface area contributed by atoms with Crippen molar-refractivity contribution in [2.24, 2.45) is 0 Å². The fourth-order valence-corrected chi connectivity index (χ4v) is 3.39. The van der Waals surface area contributed by atoms with Gasteiger partial charge < -0.3 is 14.8 Å². The van der Waals surface area contributed by atoms with E-state index in [1.165, 1.54) is 0 Å². The number of nitrogens with zero attached hydrogens (tertiary/aromatic N) is 3. The minimum atomic E-state index is -0.0345. The average Bonchev–Trinajstić information content (AvgIpc) is 2.83. The zero-order valence-corrected chi connectivity index (χ0v) is 16.4. The lowest BCUT2D eigenvalue weighted by molar-refractivity contribution is -0.895. The van der Waals surface area contributed by atoms with Crippen LogP contribution in [-0.2, 0) is 18.0 Å². The summed E-state index contributed by atoms with van der Waals surface area (Å²) in [6.45, 7) is 7.15. The second-order valence-electron chi connectivity index (χ2n) is 5.77. The van der Waals surface area contributed by atoms with E-state index in [0.717, 1.165) is 21.3 Å². The fraction of sp³-hybridized carbons (Fsp3) is 0.353. The molecule has 8 heteroatoms. The first-order chi connectivity index (χ1) is 12.0. The number of likely N-dealkylation sites (N-methyl/N-ethyl adjacent to an activating group) is 1. The van der Waals surface area contributed by atoms with Gasteiger partial charge in [-0.25, -0.2) is 0 Å². The first kappa shape index (κ1) is 19.4. The van der Waals surface area contributed by atoms with E-state index in [0.29, 0.717) is 24.5 Å². The molecule has 1 heterocycles. The van der Waals surface area contributed by atoms with Crippen molar-refractivity contribution in [1.29, 1.82) is 0 Å². The Morgan fingerprint density at radius 1 is 1.48 bits per heavy atom. The highest BCUT2D eigenvalue weighted by molar-refractivity contribution is 7.98. The van der Waals surface area contributed by atoms with Crippen molar-refractivity contribution in [3.05, 3.63) is 47.5 Å². The van der Waals surface area contributed by atoms with Crippen molar-refractivity contribution >= 4 is 35.6 Å². The predicted molar refractivity (Wildman–Crippen MR) is 105 cm³/mol. The quantitative estimate of drug-likeness (QED) is 0.417. The van der Waals surface area contributed by atoms with E-state index in [1.807, 2.05) is 49.1 Å². The van der Waals surface area contributed by atoms with Crippen molar-refractivity contribution in [2.45, 2.75) is 25.0 Å². The second-order valence-corrected chi connectivity index (χ2v) is 6.98. The summed E-state index contributed by atoms with van der Waals surface area (Å²) >= 11 is 7.06. The topological polar surface area (TPSA) is 56.3 Å². The summed E-state index contributed by atoms with van der Waals surface area (Å²) in [4.78, 5) is 14.4. The summed E-state index contributed by atoms with van der Waals surface area (Å²) in [5.74, 6) is 0.809. The number of anilines is 1. The molecule has 2 N–H and O–H groups in total. The largest absolute Gasteiger partial charge is 0.320 e. The molecular weight excluding hydrogens is 354 g/mol. The number of benzene rings is 1. The van der Waals surface area contributed by atoms with E-state index >= 15 is 0 Å². The Balaban J connectivity index is 1.99. The van der Waals surface area contributed by atoms with Crippen LogP contribution in [0, 0.1) is 11.7 Å². The van der Waals surface area contributed by atoms with Gasteiger partial charge in [0.2, 0.25) is 4.77 Å². The molecular formula is C17H24N5OS2+. The zero-order chi connectivity index (χ0) is 18.4. The van der Waals surface area contributed by atoms with Crippen LogP contribution in [0.3, 0.4) is 0 Å². The molecule has 0 aliphatic carbocycles. The zero-order valence-electron chi connectivity index (χ0n) is 14.8. The Bertz CT molecular complexity index is 812. The van der Waals surface area contributed by atoms with Gasteiger partial charge in [-0.2, -0.15) is 9.78 Å². The van der Waals surface area contributed by atoms with E-state index in [2.05, 4.69) is 17.0 Å². The minimum absolute atomic E-state index is 0.0345. The lowest BCUT2D eigenvalue weighted by Gasteiger charge is -2.14. The minimum Gasteiger partial charge on any atom is -0.320 e. The Kier molecular flexibility index (Phi) is 6.98. The van der Waals surface area contributed by atoms with Crippen LogP contribution in [0.25, 0.3) is 0 Å². The normalized spacial score (nSPS) is 12.0. The summed E-state index contributed by atoms with van der Waals surface area (Å²) < 4.78 is 4.32. The lowest BCUT2D eigenvalue weighted by atomic mass is 10.3. The molecule has 1 atom stereocenters. The molecule has 0 saturated heterocycles. The van der Waals surface area contributed by atoms with Crippen molar-refractivity contribution in [3.63, 3.8) is 0 Å². The average molecular weight is 379 g/mol. The summed E-state index contributed by atoms with van der Waals surface area (Å²) in [7, 11) is 1.95. The van der Waals surface area contributed by atoms with Crippen LogP contribution in [0.2, 0.25) is 0 Å². The number of carbonyl (C=O) groups excluding carboxylic acids is 1. The molecule has 1 unspecified atom stereocenters. The third kappa shape index (κ3) is 5.04. The number of hydrogen-bond donors (Lipinski definition) is 2. The van der Waals surface area contributed by atoms with Crippen LogP contribution in [0.4, 0.5) is 5.69 Å². The summed E-state index contributed by atoms with van der Waals surface area (Å²) in [5.41, 5.74) is 0.843. The van der Waals surface area contributed by atoms with E-state index in [1.54, 1.807) is 22.5 Å². The molecule has 0 spiro atoms. The highest BCUT2D eigenvalue weighted by Crippen LogP contribution is 2.24. The standard InChI is InChI=1S/C17H23N5OS2/c1-5-10-21-13(2)19-22(17(21)24)12-20(3)11-16(23)18-14-8-6-7-9-15(14)25-4/h5-9H,1,10-12H2,2-4H3,(H,18,23)/p+1. The molecule has 0 bridgehead atoms.